The third-order valence-electron chi connectivity index (χ3n) is 5.26. The quantitative estimate of drug-likeness (QED) is 0.801. The fraction of sp³-hybridized carbons (Fsp3) is 0.333. The van der Waals surface area contributed by atoms with Crippen molar-refractivity contribution >= 4 is 22.6 Å². The number of carbonyl (C=O) groups excluding carboxylic acids is 1. The van der Waals surface area contributed by atoms with Crippen LogP contribution in [-0.4, -0.2) is 41.0 Å². The number of ether oxygens (including phenoxy) is 1. The first-order valence-corrected chi connectivity index (χ1v) is 9.90. The van der Waals surface area contributed by atoms with Gasteiger partial charge in [-0.3, -0.25) is 9.79 Å². The molecule has 6 heteroatoms. The Balaban J connectivity index is 1.70. The number of carbonyl (C=O) groups is 1. The minimum Gasteiger partial charge on any atom is -0.394 e. The van der Waals surface area contributed by atoms with Crippen LogP contribution < -0.4 is 0 Å². The maximum Gasteiger partial charge on any atom is 0.169 e. The molecule has 140 valence electrons. The van der Waals surface area contributed by atoms with Gasteiger partial charge in [0.1, 0.15) is 11.4 Å². The van der Waals surface area contributed by atoms with Crippen molar-refractivity contribution in [3.05, 3.63) is 71.5 Å². The summed E-state index contributed by atoms with van der Waals surface area (Å²) in [7, 11) is 0. The van der Waals surface area contributed by atoms with Gasteiger partial charge in [0.25, 0.3) is 0 Å². The topological polar surface area (TPSA) is 58.9 Å². The Morgan fingerprint density at radius 2 is 1.96 bits per heavy atom. The summed E-state index contributed by atoms with van der Waals surface area (Å²) >= 11 is 1.50. The van der Waals surface area contributed by atoms with E-state index in [4.69, 9.17) is 9.73 Å². The summed E-state index contributed by atoms with van der Waals surface area (Å²) in [5.41, 5.74) is 0.214. The molecule has 2 aliphatic rings. The van der Waals surface area contributed by atoms with Crippen LogP contribution >= 0.6 is 11.8 Å². The number of hydrogen-bond donors (Lipinski definition) is 1. The van der Waals surface area contributed by atoms with Gasteiger partial charge in [0.15, 0.2) is 5.78 Å². The zero-order valence-electron chi connectivity index (χ0n) is 14.7. The fourth-order valence-electron chi connectivity index (χ4n) is 3.85. The molecule has 0 radical (unpaired) electrons. The number of halogens is 1. The molecule has 3 atom stereocenters. The van der Waals surface area contributed by atoms with Gasteiger partial charge < -0.3 is 9.84 Å². The van der Waals surface area contributed by atoms with E-state index in [1.54, 1.807) is 30.3 Å². The molecule has 0 amide bonds. The lowest BCUT2D eigenvalue weighted by Crippen LogP contribution is -2.42. The van der Waals surface area contributed by atoms with Crippen molar-refractivity contribution in [3.8, 4) is 0 Å². The molecule has 27 heavy (non-hydrogen) atoms. The highest BCUT2D eigenvalue weighted by atomic mass is 32.2. The number of aliphatic hydroxyl groups excluding tert-OH is 1. The molecule has 0 saturated carbocycles. The highest BCUT2D eigenvalue weighted by Gasteiger charge is 2.53. The first-order valence-electron chi connectivity index (χ1n) is 8.91. The molecular formula is C21H20FNO3S. The Hall–Kier alpha value is -2.02. The van der Waals surface area contributed by atoms with Crippen molar-refractivity contribution in [1.82, 2.24) is 0 Å². The minimum absolute atomic E-state index is 0.0124. The Labute approximate surface area is 161 Å². The lowest BCUT2D eigenvalue weighted by molar-refractivity contribution is 0.0436. The van der Waals surface area contributed by atoms with Crippen LogP contribution in [0.1, 0.15) is 22.3 Å². The first-order chi connectivity index (χ1) is 13.1. The number of hydrogen-bond acceptors (Lipinski definition) is 5. The lowest BCUT2D eigenvalue weighted by atomic mass is 9.79. The number of benzene rings is 2. The number of aliphatic imine (C=N–C) groups is 1. The second-order valence-electron chi connectivity index (χ2n) is 6.83. The van der Waals surface area contributed by atoms with E-state index >= 15 is 0 Å². The van der Waals surface area contributed by atoms with E-state index in [9.17, 15) is 14.3 Å². The summed E-state index contributed by atoms with van der Waals surface area (Å²) in [6, 6.07) is 15.7. The molecule has 4 nitrogen and oxygen atoms in total. The number of fused-ring (bicyclic) bond motifs is 1. The number of aliphatic hydroxyl groups is 1. The Bertz CT molecular complexity index is 873. The molecule has 1 unspecified atom stereocenters. The molecule has 1 fully saturated rings. The van der Waals surface area contributed by atoms with Gasteiger partial charge in [-0.25, -0.2) is 4.39 Å². The summed E-state index contributed by atoms with van der Waals surface area (Å²) in [6.45, 7) is 0.0721. The largest absolute Gasteiger partial charge is 0.394 e. The van der Waals surface area contributed by atoms with Crippen LogP contribution in [0.2, 0.25) is 0 Å². The van der Waals surface area contributed by atoms with Gasteiger partial charge in [-0.05, 0) is 6.07 Å². The van der Waals surface area contributed by atoms with E-state index in [1.807, 2.05) is 18.2 Å². The Morgan fingerprint density at radius 1 is 1.22 bits per heavy atom. The zero-order valence-corrected chi connectivity index (χ0v) is 15.5. The van der Waals surface area contributed by atoms with E-state index in [0.29, 0.717) is 21.9 Å². The Morgan fingerprint density at radius 3 is 2.70 bits per heavy atom. The van der Waals surface area contributed by atoms with Crippen LogP contribution in [0.3, 0.4) is 0 Å². The number of ketones is 1. The standard InChI is InChI=1S/C21H20FNO3S/c22-17-9-5-4-8-15(17)21-13-26-19(11-24)16(21)12-27-20(23-21)10-18(25)14-6-2-1-3-7-14/h1-9,16,19,24H,10-13H2/t16-,19?,21-/m1/s1. The third-order valence-corrected chi connectivity index (χ3v) is 6.36. The molecule has 1 saturated heterocycles. The molecular weight excluding hydrogens is 365 g/mol. The summed E-state index contributed by atoms with van der Waals surface area (Å²) in [5, 5.41) is 10.4. The molecule has 1 N–H and O–H groups in total. The molecule has 0 spiro atoms. The molecule has 2 aromatic carbocycles. The van der Waals surface area contributed by atoms with Crippen LogP contribution in [0.5, 0.6) is 0 Å². The average Bonchev–Trinajstić information content (AvgIpc) is 3.07. The number of nitrogens with zero attached hydrogens (tertiary/aromatic N) is 1. The van der Waals surface area contributed by atoms with E-state index in [-0.39, 0.29) is 43.3 Å². The van der Waals surface area contributed by atoms with Crippen molar-refractivity contribution in [2.45, 2.75) is 18.1 Å². The Kier molecular flexibility index (Phi) is 5.12. The summed E-state index contributed by atoms with van der Waals surface area (Å²) in [6.07, 6.45) is -0.200. The van der Waals surface area contributed by atoms with E-state index in [1.165, 1.54) is 17.8 Å². The van der Waals surface area contributed by atoms with Gasteiger partial charge in [0.2, 0.25) is 0 Å². The normalized spacial score (nSPS) is 27.1. The predicted octanol–water partition coefficient (Wildman–Crippen LogP) is 3.45. The first kappa shape index (κ1) is 18.3. The average molecular weight is 385 g/mol. The lowest BCUT2D eigenvalue weighted by Gasteiger charge is -2.36. The molecule has 4 rings (SSSR count). The fourth-order valence-corrected chi connectivity index (χ4v) is 5.17. The third kappa shape index (κ3) is 3.33. The van der Waals surface area contributed by atoms with Crippen molar-refractivity contribution in [3.63, 3.8) is 0 Å². The number of Topliss-reactive ketones (excluding diaryl/α,β-unsaturated/α-hetero) is 1. The second kappa shape index (κ2) is 7.54. The monoisotopic (exact) mass is 385 g/mol. The maximum absolute atomic E-state index is 14.6. The van der Waals surface area contributed by atoms with Crippen LogP contribution in [0, 0.1) is 11.7 Å². The zero-order chi connectivity index (χ0) is 18.9. The van der Waals surface area contributed by atoms with Gasteiger partial charge in [-0.15, -0.1) is 11.8 Å². The van der Waals surface area contributed by atoms with Gasteiger partial charge in [-0.2, -0.15) is 0 Å². The molecule has 0 bridgehead atoms. The van der Waals surface area contributed by atoms with Crippen LogP contribution in [0.15, 0.2) is 59.6 Å². The van der Waals surface area contributed by atoms with E-state index in [0.717, 1.165) is 0 Å². The van der Waals surface area contributed by atoms with Crippen molar-refractivity contribution in [2.75, 3.05) is 19.0 Å². The summed E-state index contributed by atoms with van der Waals surface area (Å²) in [5.74, 6) is 0.135. The predicted molar refractivity (Wildman–Crippen MR) is 104 cm³/mol. The van der Waals surface area contributed by atoms with E-state index < -0.39 is 5.54 Å². The van der Waals surface area contributed by atoms with Crippen LogP contribution in [0.25, 0.3) is 0 Å². The van der Waals surface area contributed by atoms with Gasteiger partial charge >= 0.3 is 0 Å². The van der Waals surface area contributed by atoms with Gasteiger partial charge in [0, 0.05) is 22.8 Å². The van der Waals surface area contributed by atoms with Crippen LogP contribution in [-0.2, 0) is 10.3 Å². The van der Waals surface area contributed by atoms with Crippen molar-refractivity contribution in [1.29, 1.82) is 0 Å². The number of rotatable bonds is 5. The molecule has 2 aromatic rings. The highest BCUT2D eigenvalue weighted by Crippen LogP contribution is 2.48. The summed E-state index contributed by atoms with van der Waals surface area (Å²) in [4.78, 5) is 17.4. The summed E-state index contributed by atoms with van der Waals surface area (Å²) < 4.78 is 20.4. The number of thioether (sulfide) groups is 1. The SMILES string of the molecule is O=C(CC1=N[C@@]2(c3ccccc3F)COC(CO)[C@H]2CS1)c1ccccc1. The molecule has 2 aliphatic heterocycles. The maximum atomic E-state index is 14.6. The molecule has 2 heterocycles. The van der Waals surface area contributed by atoms with Gasteiger partial charge in [0.05, 0.1) is 30.8 Å². The minimum atomic E-state index is -0.893. The molecule has 0 aromatic heterocycles. The molecule has 0 aliphatic carbocycles. The van der Waals surface area contributed by atoms with Crippen LogP contribution in [0.4, 0.5) is 4.39 Å². The van der Waals surface area contributed by atoms with E-state index in [2.05, 4.69) is 0 Å². The smallest absolute Gasteiger partial charge is 0.169 e. The highest BCUT2D eigenvalue weighted by molar-refractivity contribution is 8.14. The van der Waals surface area contributed by atoms with Gasteiger partial charge in [-0.1, -0.05) is 48.5 Å². The van der Waals surface area contributed by atoms with Crippen molar-refractivity contribution in [2.24, 2.45) is 10.9 Å². The second-order valence-corrected chi connectivity index (χ2v) is 7.92. The van der Waals surface area contributed by atoms with Crippen molar-refractivity contribution < 1.29 is 19.0 Å².